The lowest BCUT2D eigenvalue weighted by Gasteiger charge is -2.08. The van der Waals surface area contributed by atoms with Gasteiger partial charge in [0.1, 0.15) is 17.9 Å². The summed E-state index contributed by atoms with van der Waals surface area (Å²) < 4.78 is 12.9. The van der Waals surface area contributed by atoms with Gasteiger partial charge in [-0.2, -0.15) is 0 Å². The van der Waals surface area contributed by atoms with Crippen LogP contribution in [0, 0.1) is 5.82 Å². The highest BCUT2D eigenvalue weighted by atomic mass is 79.9. The molecule has 0 aliphatic heterocycles. The minimum Gasteiger partial charge on any atom is -0.298 e. The van der Waals surface area contributed by atoms with Crippen LogP contribution >= 0.6 is 15.9 Å². The van der Waals surface area contributed by atoms with Gasteiger partial charge in [0.2, 0.25) is 0 Å². The van der Waals surface area contributed by atoms with Gasteiger partial charge in [-0.25, -0.2) is 4.39 Å². The monoisotopic (exact) mass is 258 g/mol. The molecule has 0 aromatic heterocycles. The number of rotatable bonds is 3. The molecule has 4 heteroatoms. The number of ketones is 1. The van der Waals surface area contributed by atoms with Crippen LogP contribution in [0.15, 0.2) is 18.2 Å². The fourth-order valence-electron chi connectivity index (χ4n) is 1.09. The predicted octanol–water partition coefficient (Wildman–Crippen LogP) is 2.66. The third kappa shape index (κ3) is 2.26. The van der Waals surface area contributed by atoms with Crippen LogP contribution in [0.3, 0.4) is 0 Å². The van der Waals surface area contributed by atoms with Crippen molar-refractivity contribution in [1.82, 2.24) is 0 Å². The molecule has 14 heavy (non-hydrogen) atoms. The second kappa shape index (κ2) is 4.46. The number of hydrogen-bond acceptors (Lipinski definition) is 2. The minimum atomic E-state index is -0.626. The number of benzene rings is 1. The van der Waals surface area contributed by atoms with E-state index >= 15 is 0 Å². The number of aldehydes is 1. The van der Waals surface area contributed by atoms with Gasteiger partial charge < -0.3 is 0 Å². The summed E-state index contributed by atoms with van der Waals surface area (Å²) in [7, 11) is 0. The van der Waals surface area contributed by atoms with E-state index < -0.39 is 10.6 Å². The van der Waals surface area contributed by atoms with Crippen LogP contribution in [-0.2, 0) is 4.79 Å². The van der Waals surface area contributed by atoms with Crippen LogP contribution in [0.5, 0.6) is 0 Å². The Kier molecular flexibility index (Phi) is 3.52. The standard InChI is InChI=1S/C10H8BrFO2/c1-6(14)10(11)9-4-8(12)3-2-7(9)5-13/h2-5,10H,1H3. The third-order valence-electron chi connectivity index (χ3n) is 1.81. The van der Waals surface area contributed by atoms with Crippen molar-refractivity contribution in [3.8, 4) is 0 Å². The van der Waals surface area contributed by atoms with Crippen LogP contribution in [-0.4, -0.2) is 12.1 Å². The van der Waals surface area contributed by atoms with Crippen LogP contribution in [0.25, 0.3) is 0 Å². The summed E-state index contributed by atoms with van der Waals surface area (Å²) in [5.41, 5.74) is 0.691. The Hall–Kier alpha value is -1.03. The van der Waals surface area contributed by atoms with Crippen molar-refractivity contribution < 1.29 is 14.0 Å². The van der Waals surface area contributed by atoms with Crippen molar-refractivity contribution in [2.45, 2.75) is 11.8 Å². The van der Waals surface area contributed by atoms with Crippen LogP contribution in [0.2, 0.25) is 0 Å². The molecule has 0 aliphatic carbocycles. The van der Waals surface area contributed by atoms with Gasteiger partial charge >= 0.3 is 0 Å². The van der Waals surface area contributed by atoms with Crippen LogP contribution in [0.1, 0.15) is 27.7 Å². The molecule has 0 fully saturated rings. The van der Waals surface area contributed by atoms with Crippen molar-refractivity contribution >= 4 is 28.0 Å². The smallest absolute Gasteiger partial charge is 0.150 e. The van der Waals surface area contributed by atoms with E-state index in [-0.39, 0.29) is 5.78 Å². The second-order valence-corrected chi connectivity index (χ2v) is 3.78. The molecule has 74 valence electrons. The van der Waals surface area contributed by atoms with Gasteiger partial charge in [-0.3, -0.25) is 9.59 Å². The fourth-order valence-corrected chi connectivity index (χ4v) is 1.49. The Morgan fingerprint density at radius 1 is 1.57 bits per heavy atom. The third-order valence-corrected chi connectivity index (χ3v) is 2.94. The average molecular weight is 259 g/mol. The molecule has 1 unspecified atom stereocenters. The molecule has 0 aliphatic rings. The van der Waals surface area contributed by atoms with E-state index in [0.29, 0.717) is 17.4 Å². The summed E-state index contributed by atoms with van der Waals surface area (Å²) in [6, 6.07) is 3.73. The fraction of sp³-hybridized carbons (Fsp3) is 0.200. The first-order valence-electron chi connectivity index (χ1n) is 3.95. The topological polar surface area (TPSA) is 34.1 Å². The first kappa shape index (κ1) is 11.0. The first-order valence-corrected chi connectivity index (χ1v) is 4.87. The van der Waals surface area contributed by atoms with Gasteiger partial charge in [0.25, 0.3) is 0 Å². The zero-order chi connectivity index (χ0) is 10.7. The van der Waals surface area contributed by atoms with Crippen molar-refractivity contribution in [2.24, 2.45) is 0 Å². The lowest BCUT2D eigenvalue weighted by Crippen LogP contribution is -2.04. The number of halogens is 2. The van der Waals surface area contributed by atoms with E-state index in [4.69, 9.17) is 0 Å². The van der Waals surface area contributed by atoms with E-state index in [1.54, 1.807) is 0 Å². The summed E-state index contributed by atoms with van der Waals surface area (Å²) >= 11 is 3.10. The van der Waals surface area contributed by atoms with E-state index in [2.05, 4.69) is 15.9 Å². The molecular weight excluding hydrogens is 251 g/mol. The van der Waals surface area contributed by atoms with E-state index in [1.165, 1.54) is 25.1 Å². The highest BCUT2D eigenvalue weighted by molar-refractivity contribution is 9.09. The van der Waals surface area contributed by atoms with Gasteiger partial charge in [-0.05, 0) is 30.7 Å². The zero-order valence-corrected chi connectivity index (χ0v) is 9.05. The van der Waals surface area contributed by atoms with Gasteiger partial charge in [0.05, 0.1) is 4.83 Å². The van der Waals surface area contributed by atoms with Crippen molar-refractivity contribution in [3.63, 3.8) is 0 Å². The molecular formula is C10H8BrFO2. The second-order valence-electron chi connectivity index (χ2n) is 2.86. The highest BCUT2D eigenvalue weighted by Crippen LogP contribution is 2.26. The Morgan fingerprint density at radius 3 is 2.71 bits per heavy atom. The number of carbonyl (C=O) groups excluding carboxylic acids is 2. The molecule has 0 spiro atoms. The molecule has 2 nitrogen and oxygen atoms in total. The maximum Gasteiger partial charge on any atom is 0.150 e. The first-order chi connectivity index (χ1) is 6.56. The molecule has 0 radical (unpaired) electrons. The lowest BCUT2D eigenvalue weighted by atomic mass is 10.0. The zero-order valence-electron chi connectivity index (χ0n) is 7.46. The maximum atomic E-state index is 12.9. The normalized spacial score (nSPS) is 12.2. The molecule has 0 saturated heterocycles. The van der Waals surface area contributed by atoms with E-state index in [1.807, 2.05) is 0 Å². The molecule has 1 aromatic rings. The van der Waals surface area contributed by atoms with Gasteiger partial charge in [-0.15, -0.1) is 0 Å². The van der Waals surface area contributed by atoms with Crippen LogP contribution < -0.4 is 0 Å². The number of alkyl halides is 1. The van der Waals surface area contributed by atoms with Crippen molar-refractivity contribution in [2.75, 3.05) is 0 Å². The molecule has 0 heterocycles. The number of hydrogen-bond donors (Lipinski definition) is 0. The average Bonchev–Trinajstić information content (AvgIpc) is 2.16. The lowest BCUT2D eigenvalue weighted by molar-refractivity contribution is -0.116. The molecule has 0 bridgehead atoms. The summed E-state index contributed by atoms with van der Waals surface area (Å²) in [6.07, 6.45) is 0.603. The Morgan fingerprint density at radius 2 is 2.21 bits per heavy atom. The maximum absolute atomic E-state index is 12.9. The molecule has 1 aromatic carbocycles. The van der Waals surface area contributed by atoms with E-state index in [9.17, 15) is 14.0 Å². The summed E-state index contributed by atoms with van der Waals surface area (Å²) in [5, 5.41) is 0. The van der Waals surface area contributed by atoms with Gasteiger partial charge in [0, 0.05) is 5.56 Å². The van der Waals surface area contributed by atoms with Crippen molar-refractivity contribution in [3.05, 3.63) is 35.1 Å². The summed E-state index contributed by atoms with van der Waals surface area (Å²) in [4.78, 5) is 21.0. The SMILES string of the molecule is CC(=O)C(Br)c1cc(F)ccc1C=O. The number of carbonyl (C=O) groups is 2. The van der Waals surface area contributed by atoms with E-state index in [0.717, 1.165) is 0 Å². The largest absolute Gasteiger partial charge is 0.298 e. The van der Waals surface area contributed by atoms with Crippen molar-refractivity contribution in [1.29, 1.82) is 0 Å². The Bertz CT molecular complexity index is 376. The van der Waals surface area contributed by atoms with Gasteiger partial charge in [-0.1, -0.05) is 15.9 Å². The molecule has 1 atom stereocenters. The Balaban J connectivity index is 3.23. The van der Waals surface area contributed by atoms with Gasteiger partial charge in [0.15, 0.2) is 0 Å². The quantitative estimate of drug-likeness (QED) is 0.617. The highest BCUT2D eigenvalue weighted by Gasteiger charge is 2.16. The predicted molar refractivity (Wildman–Crippen MR) is 54.1 cm³/mol. The van der Waals surface area contributed by atoms with Crippen LogP contribution in [0.4, 0.5) is 4.39 Å². The summed E-state index contributed by atoms with van der Waals surface area (Å²) in [6.45, 7) is 1.37. The Labute approximate surface area is 89.2 Å². The molecule has 0 N–H and O–H groups in total. The molecule has 0 saturated carbocycles. The summed E-state index contributed by atoms with van der Waals surface area (Å²) in [5.74, 6) is -0.630. The number of Topliss-reactive ketones (excluding diaryl/α,β-unsaturated/α-hetero) is 1. The molecule has 0 amide bonds. The molecule has 1 rings (SSSR count). The minimum absolute atomic E-state index is 0.168.